The summed E-state index contributed by atoms with van der Waals surface area (Å²) in [5.41, 5.74) is -0.0556. The van der Waals surface area contributed by atoms with Crippen LogP contribution in [0.4, 0.5) is 17.6 Å². The third-order valence-corrected chi connectivity index (χ3v) is 2.19. The number of carbonyl (C=O) groups excluding carboxylic acids is 1. The van der Waals surface area contributed by atoms with Gasteiger partial charge in [0.05, 0.1) is 12.5 Å². The highest BCUT2D eigenvalue weighted by atomic mass is 19.4. The highest BCUT2D eigenvalue weighted by Crippen LogP contribution is 2.21. The van der Waals surface area contributed by atoms with Crippen molar-refractivity contribution in [1.29, 1.82) is 0 Å². The van der Waals surface area contributed by atoms with Crippen LogP contribution in [0.15, 0.2) is 24.3 Å². The van der Waals surface area contributed by atoms with Gasteiger partial charge in [-0.3, -0.25) is 9.59 Å². The van der Waals surface area contributed by atoms with Gasteiger partial charge in [0.1, 0.15) is 5.82 Å². The van der Waals surface area contributed by atoms with Gasteiger partial charge in [0, 0.05) is 0 Å². The van der Waals surface area contributed by atoms with Crippen molar-refractivity contribution >= 4 is 11.9 Å². The lowest BCUT2D eigenvalue weighted by Gasteiger charge is -2.18. The zero-order chi connectivity index (χ0) is 14.6. The maximum absolute atomic E-state index is 13.0. The summed E-state index contributed by atoms with van der Waals surface area (Å²) in [5.74, 6) is -4.44. The molecule has 19 heavy (non-hydrogen) atoms. The van der Waals surface area contributed by atoms with E-state index in [2.05, 4.69) is 0 Å². The van der Waals surface area contributed by atoms with Crippen molar-refractivity contribution in [2.24, 2.45) is 0 Å². The van der Waals surface area contributed by atoms with Crippen molar-refractivity contribution in [3.8, 4) is 0 Å². The Bertz CT molecular complexity index is 487. The molecule has 1 aromatic rings. The molecule has 1 aromatic carbocycles. The predicted molar refractivity (Wildman–Crippen MR) is 55.6 cm³/mol. The maximum atomic E-state index is 13.0. The molecule has 0 heterocycles. The summed E-state index contributed by atoms with van der Waals surface area (Å²) in [4.78, 5) is 21.4. The number of hydrogen-bond donors (Lipinski definition) is 2. The van der Waals surface area contributed by atoms with Gasteiger partial charge >= 0.3 is 18.1 Å². The molecule has 1 amide bonds. The number of halogens is 4. The fraction of sp³-hybridized carbons (Fsp3) is 0.273. The number of carbonyl (C=O) groups is 2. The number of rotatable bonds is 4. The van der Waals surface area contributed by atoms with Crippen molar-refractivity contribution < 1.29 is 32.3 Å². The number of amides is 1. The first-order valence-corrected chi connectivity index (χ1v) is 5.05. The minimum atomic E-state index is -5.13. The van der Waals surface area contributed by atoms with E-state index in [1.165, 1.54) is 17.4 Å². The molecule has 1 atom stereocenters. The molecule has 0 aliphatic carbocycles. The zero-order valence-corrected chi connectivity index (χ0v) is 9.37. The highest BCUT2D eigenvalue weighted by molar-refractivity contribution is 5.82. The van der Waals surface area contributed by atoms with Crippen LogP contribution >= 0.6 is 0 Å². The number of carboxylic acids is 1. The van der Waals surface area contributed by atoms with Crippen molar-refractivity contribution in [2.45, 2.75) is 18.6 Å². The molecule has 0 aliphatic heterocycles. The molecule has 0 radical (unpaired) electrons. The Morgan fingerprint density at radius 2 is 1.95 bits per heavy atom. The van der Waals surface area contributed by atoms with Gasteiger partial charge in [-0.25, -0.2) is 4.39 Å². The third-order valence-electron chi connectivity index (χ3n) is 2.19. The first-order chi connectivity index (χ1) is 8.70. The summed E-state index contributed by atoms with van der Waals surface area (Å²) < 4.78 is 49.3. The third kappa shape index (κ3) is 4.57. The molecule has 0 spiro atoms. The van der Waals surface area contributed by atoms with E-state index < -0.39 is 36.3 Å². The Labute approximate surface area is 105 Å². The van der Waals surface area contributed by atoms with Gasteiger partial charge in [0.15, 0.2) is 0 Å². The predicted octanol–water partition coefficient (Wildman–Crippen LogP) is 2.02. The molecule has 104 valence electrons. The van der Waals surface area contributed by atoms with Crippen molar-refractivity contribution in [3.05, 3.63) is 35.6 Å². The second-order valence-electron chi connectivity index (χ2n) is 3.68. The fourth-order valence-corrected chi connectivity index (χ4v) is 1.39. The van der Waals surface area contributed by atoms with E-state index in [0.717, 1.165) is 12.1 Å². The van der Waals surface area contributed by atoms with Crippen molar-refractivity contribution in [3.63, 3.8) is 0 Å². The first-order valence-electron chi connectivity index (χ1n) is 5.05. The van der Waals surface area contributed by atoms with Crippen LogP contribution < -0.4 is 5.32 Å². The minimum absolute atomic E-state index is 0.0556. The molecule has 2 N–H and O–H groups in total. The number of nitrogens with one attached hydrogen (secondary N) is 1. The standard InChI is InChI=1S/C11H9F4NO3/c12-7-3-1-2-6(4-7)8(5-9(17)18)16-10(19)11(13,14)15/h1-4,8H,5H2,(H,16,19)(H,17,18)/t8-/m0/s1. The molecule has 0 aromatic heterocycles. The van der Waals surface area contributed by atoms with Crippen LogP contribution in [-0.2, 0) is 9.59 Å². The number of carboxylic acid groups (broad SMARTS) is 1. The lowest BCUT2D eigenvalue weighted by Crippen LogP contribution is -2.39. The average Bonchev–Trinajstić information content (AvgIpc) is 2.26. The van der Waals surface area contributed by atoms with Gasteiger partial charge in [0.25, 0.3) is 0 Å². The second-order valence-corrected chi connectivity index (χ2v) is 3.68. The highest BCUT2D eigenvalue weighted by Gasteiger charge is 2.40. The van der Waals surface area contributed by atoms with Crippen LogP contribution in [0.3, 0.4) is 0 Å². The van der Waals surface area contributed by atoms with Crippen LogP contribution in [-0.4, -0.2) is 23.2 Å². The topological polar surface area (TPSA) is 66.4 Å². The Balaban J connectivity index is 2.96. The molecule has 1 rings (SSSR count). The Hall–Kier alpha value is -2.12. The fourth-order valence-electron chi connectivity index (χ4n) is 1.39. The van der Waals surface area contributed by atoms with Crippen LogP contribution in [0.1, 0.15) is 18.0 Å². The SMILES string of the molecule is O=C(O)C[C@H](NC(=O)C(F)(F)F)c1cccc(F)c1. The van der Waals surface area contributed by atoms with E-state index in [1.54, 1.807) is 0 Å². The summed E-state index contributed by atoms with van der Waals surface area (Å²) in [6.07, 6.45) is -5.92. The molecule has 8 heteroatoms. The number of aliphatic carboxylic acids is 1. The Morgan fingerprint density at radius 3 is 2.42 bits per heavy atom. The van der Waals surface area contributed by atoms with E-state index in [4.69, 9.17) is 5.11 Å². The molecular weight excluding hydrogens is 270 g/mol. The summed E-state index contributed by atoms with van der Waals surface area (Å²) >= 11 is 0. The van der Waals surface area contributed by atoms with E-state index >= 15 is 0 Å². The van der Waals surface area contributed by atoms with Crippen LogP contribution in [0.5, 0.6) is 0 Å². The number of alkyl halides is 3. The van der Waals surface area contributed by atoms with Gasteiger partial charge in [-0.05, 0) is 17.7 Å². The van der Waals surface area contributed by atoms with Crippen LogP contribution in [0.2, 0.25) is 0 Å². The van der Waals surface area contributed by atoms with Crippen LogP contribution in [0.25, 0.3) is 0 Å². The monoisotopic (exact) mass is 279 g/mol. The quantitative estimate of drug-likeness (QED) is 0.829. The van der Waals surface area contributed by atoms with Crippen LogP contribution in [0, 0.1) is 5.82 Å². The lowest BCUT2D eigenvalue weighted by atomic mass is 10.0. The van der Waals surface area contributed by atoms with E-state index in [0.29, 0.717) is 0 Å². The first kappa shape index (κ1) is 14.9. The molecule has 0 saturated heterocycles. The van der Waals surface area contributed by atoms with E-state index in [-0.39, 0.29) is 5.56 Å². The van der Waals surface area contributed by atoms with E-state index in [1.807, 2.05) is 0 Å². The molecule has 0 saturated carbocycles. The van der Waals surface area contributed by atoms with Crippen molar-refractivity contribution in [2.75, 3.05) is 0 Å². The van der Waals surface area contributed by atoms with Gasteiger partial charge in [-0.1, -0.05) is 12.1 Å². The smallest absolute Gasteiger partial charge is 0.471 e. The minimum Gasteiger partial charge on any atom is -0.481 e. The van der Waals surface area contributed by atoms with Crippen molar-refractivity contribution in [1.82, 2.24) is 5.32 Å². The maximum Gasteiger partial charge on any atom is 0.471 e. The lowest BCUT2D eigenvalue weighted by molar-refractivity contribution is -0.174. The molecule has 0 unspecified atom stereocenters. The molecular formula is C11H9F4NO3. The molecule has 4 nitrogen and oxygen atoms in total. The Kier molecular flexibility index (Phi) is 4.47. The summed E-state index contributed by atoms with van der Waals surface area (Å²) in [7, 11) is 0. The van der Waals surface area contributed by atoms with Gasteiger partial charge in [-0.2, -0.15) is 13.2 Å². The molecule has 0 bridgehead atoms. The summed E-state index contributed by atoms with van der Waals surface area (Å²) in [5, 5.41) is 10.1. The molecule has 0 fully saturated rings. The normalized spacial score (nSPS) is 12.8. The summed E-state index contributed by atoms with van der Waals surface area (Å²) in [6, 6.07) is 2.89. The number of hydrogen-bond acceptors (Lipinski definition) is 2. The largest absolute Gasteiger partial charge is 0.481 e. The average molecular weight is 279 g/mol. The van der Waals surface area contributed by atoms with Gasteiger partial charge in [-0.15, -0.1) is 0 Å². The Morgan fingerprint density at radius 1 is 1.32 bits per heavy atom. The summed E-state index contributed by atoms with van der Waals surface area (Å²) in [6.45, 7) is 0. The van der Waals surface area contributed by atoms with Gasteiger partial charge in [0.2, 0.25) is 0 Å². The van der Waals surface area contributed by atoms with Gasteiger partial charge < -0.3 is 10.4 Å². The van der Waals surface area contributed by atoms with E-state index in [9.17, 15) is 27.2 Å². The number of benzene rings is 1. The molecule has 0 aliphatic rings. The second kappa shape index (κ2) is 5.68. The zero-order valence-electron chi connectivity index (χ0n) is 9.37.